The summed E-state index contributed by atoms with van der Waals surface area (Å²) >= 11 is 1.26. The summed E-state index contributed by atoms with van der Waals surface area (Å²) in [6.45, 7) is 1.39. The predicted octanol–water partition coefficient (Wildman–Crippen LogP) is 3.28. The summed E-state index contributed by atoms with van der Waals surface area (Å²) in [4.78, 5) is 0.511. The fourth-order valence-corrected chi connectivity index (χ4v) is 2.43. The number of hydrogen-bond acceptors (Lipinski definition) is 2. The third-order valence-corrected chi connectivity index (χ3v) is 3.53. The Kier molecular flexibility index (Phi) is 2.78. The van der Waals surface area contributed by atoms with Gasteiger partial charge in [0.2, 0.25) is 0 Å². The second kappa shape index (κ2) is 3.96. The van der Waals surface area contributed by atoms with E-state index >= 15 is 0 Å². The molecule has 1 heterocycles. The smallest absolute Gasteiger partial charge is 0.132 e. The molecule has 84 valence electrons. The van der Waals surface area contributed by atoms with Crippen LogP contribution in [0.15, 0.2) is 35.7 Å². The summed E-state index contributed by atoms with van der Waals surface area (Å²) in [5, 5.41) is 12.0. The van der Waals surface area contributed by atoms with Crippen molar-refractivity contribution in [2.45, 2.75) is 12.5 Å². The van der Waals surface area contributed by atoms with E-state index < -0.39 is 17.2 Å². The minimum atomic E-state index is -1.64. The Morgan fingerprint density at radius 1 is 1.12 bits per heavy atom. The molecule has 1 atom stereocenters. The Hall–Kier alpha value is -1.26. The molecule has 4 heteroatoms. The van der Waals surface area contributed by atoms with Crippen molar-refractivity contribution in [3.8, 4) is 0 Å². The Morgan fingerprint density at radius 2 is 1.75 bits per heavy atom. The number of halogens is 2. The molecule has 0 saturated carbocycles. The first-order chi connectivity index (χ1) is 7.53. The normalized spacial score (nSPS) is 14.8. The Bertz CT molecular complexity index is 471. The molecular weight excluding hydrogens is 230 g/mol. The first kappa shape index (κ1) is 11.2. The molecule has 0 spiro atoms. The molecule has 1 unspecified atom stereocenters. The van der Waals surface area contributed by atoms with Crippen LogP contribution in [0, 0.1) is 11.6 Å². The first-order valence-corrected chi connectivity index (χ1v) is 5.62. The zero-order valence-corrected chi connectivity index (χ0v) is 9.39. The minimum absolute atomic E-state index is 0.308. The Labute approximate surface area is 96.0 Å². The van der Waals surface area contributed by atoms with E-state index in [0.29, 0.717) is 4.88 Å². The van der Waals surface area contributed by atoms with E-state index in [1.807, 2.05) is 0 Å². The lowest BCUT2D eigenvalue weighted by atomic mass is 9.93. The molecule has 0 fully saturated rings. The molecule has 0 aliphatic carbocycles. The van der Waals surface area contributed by atoms with Gasteiger partial charge in [-0.25, -0.2) is 8.78 Å². The summed E-state index contributed by atoms with van der Waals surface area (Å²) in [5.41, 5.74) is -1.94. The van der Waals surface area contributed by atoms with Gasteiger partial charge >= 0.3 is 0 Å². The number of thiophene rings is 1. The quantitative estimate of drug-likeness (QED) is 0.854. The van der Waals surface area contributed by atoms with Crippen LogP contribution in [0.3, 0.4) is 0 Å². The second-order valence-electron chi connectivity index (χ2n) is 3.65. The molecule has 2 aromatic rings. The van der Waals surface area contributed by atoms with Crippen molar-refractivity contribution in [3.05, 3.63) is 57.8 Å². The van der Waals surface area contributed by atoms with Gasteiger partial charge in [0.15, 0.2) is 0 Å². The summed E-state index contributed by atoms with van der Waals surface area (Å²) in [7, 11) is 0. The van der Waals surface area contributed by atoms with Crippen molar-refractivity contribution in [1.82, 2.24) is 0 Å². The average Bonchev–Trinajstić information content (AvgIpc) is 2.69. The minimum Gasteiger partial charge on any atom is -0.380 e. The van der Waals surface area contributed by atoms with Gasteiger partial charge in [0.1, 0.15) is 17.2 Å². The van der Waals surface area contributed by atoms with Crippen LogP contribution < -0.4 is 0 Å². The highest BCUT2D eigenvalue weighted by Crippen LogP contribution is 2.35. The summed E-state index contributed by atoms with van der Waals surface area (Å²) in [5.74, 6) is -1.48. The zero-order valence-electron chi connectivity index (χ0n) is 8.58. The van der Waals surface area contributed by atoms with Gasteiger partial charge in [-0.3, -0.25) is 0 Å². The third kappa shape index (κ3) is 1.74. The highest BCUT2D eigenvalue weighted by molar-refractivity contribution is 7.10. The lowest BCUT2D eigenvalue weighted by Crippen LogP contribution is -2.24. The van der Waals surface area contributed by atoms with Crippen molar-refractivity contribution >= 4 is 11.3 Å². The first-order valence-electron chi connectivity index (χ1n) is 4.74. The van der Waals surface area contributed by atoms with Gasteiger partial charge in [-0.05, 0) is 30.5 Å². The van der Waals surface area contributed by atoms with Crippen LogP contribution in [-0.2, 0) is 5.60 Å². The van der Waals surface area contributed by atoms with Crippen molar-refractivity contribution in [3.63, 3.8) is 0 Å². The molecule has 0 radical (unpaired) electrons. The Balaban J connectivity index is 2.60. The highest BCUT2D eigenvalue weighted by Gasteiger charge is 2.32. The largest absolute Gasteiger partial charge is 0.380 e. The molecule has 0 amide bonds. The summed E-state index contributed by atoms with van der Waals surface area (Å²) < 4.78 is 27.1. The number of rotatable bonds is 2. The van der Waals surface area contributed by atoms with Crippen LogP contribution in [0.5, 0.6) is 0 Å². The van der Waals surface area contributed by atoms with E-state index in [2.05, 4.69) is 0 Å². The van der Waals surface area contributed by atoms with Crippen LogP contribution in [0.2, 0.25) is 0 Å². The topological polar surface area (TPSA) is 20.2 Å². The van der Waals surface area contributed by atoms with Crippen LogP contribution in [0.1, 0.15) is 17.4 Å². The zero-order chi connectivity index (χ0) is 11.8. The summed E-state index contributed by atoms with van der Waals surface area (Å²) in [6.07, 6.45) is 0. The van der Waals surface area contributed by atoms with E-state index in [9.17, 15) is 13.9 Å². The molecule has 2 rings (SSSR count). The van der Waals surface area contributed by atoms with Crippen LogP contribution in [0.25, 0.3) is 0 Å². The van der Waals surface area contributed by atoms with Gasteiger partial charge in [-0.1, -0.05) is 12.1 Å². The lowest BCUT2D eigenvalue weighted by Gasteiger charge is -2.23. The molecule has 1 N–H and O–H groups in total. The van der Waals surface area contributed by atoms with Crippen molar-refractivity contribution in [2.75, 3.05) is 0 Å². The maximum atomic E-state index is 13.5. The molecule has 1 nitrogen and oxygen atoms in total. The van der Waals surface area contributed by atoms with Crippen molar-refractivity contribution in [1.29, 1.82) is 0 Å². The van der Waals surface area contributed by atoms with Gasteiger partial charge in [0, 0.05) is 4.88 Å². The molecule has 0 bridgehead atoms. The third-order valence-electron chi connectivity index (χ3n) is 2.45. The predicted molar refractivity (Wildman–Crippen MR) is 59.3 cm³/mol. The van der Waals surface area contributed by atoms with E-state index in [1.54, 1.807) is 17.5 Å². The molecule has 1 aromatic heterocycles. The van der Waals surface area contributed by atoms with E-state index in [1.165, 1.54) is 24.3 Å². The van der Waals surface area contributed by atoms with Gasteiger partial charge in [0.05, 0.1) is 5.56 Å². The molecular formula is C12H10F2OS. The van der Waals surface area contributed by atoms with Crippen LogP contribution in [0.4, 0.5) is 8.78 Å². The maximum absolute atomic E-state index is 13.5. The fraction of sp³-hybridized carbons (Fsp3) is 0.167. The molecule has 0 aliphatic rings. The van der Waals surface area contributed by atoms with Gasteiger partial charge in [-0.15, -0.1) is 11.3 Å². The van der Waals surface area contributed by atoms with E-state index in [0.717, 1.165) is 12.1 Å². The van der Waals surface area contributed by atoms with Crippen LogP contribution in [-0.4, -0.2) is 5.11 Å². The second-order valence-corrected chi connectivity index (χ2v) is 4.59. The van der Waals surface area contributed by atoms with Crippen LogP contribution >= 0.6 is 11.3 Å². The van der Waals surface area contributed by atoms with Gasteiger partial charge in [0.25, 0.3) is 0 Å². The monoisotopic (exact) mass is 240 g/mol. The van der Waals surface area contributed by atoms with E-state index in [-0.39, 0.29) is 5.56 Å². The summed E-state index contributed by atoms with van der Waals surface area (Å²) in [6, 6.07) is 6.93. The molecule has 0 aliphatic heterocycles. The van der Waals surface area contributed by atoms with Gasteiger partial charge < -0.3 is 5.11 Å². The standard InChI is InChI=1S/C12H10F2OS/c1-12(15,10-6-3-7-16-10)11-8(13)4-2-5-9(11)14/h2-7,15H,1H3. The average molecular weight is 240 g/mol. The molecule has 16 heavy (non-hydrogen) atoms. The highest BCUT2D eigenvalue weighted by atomic mass is 32.1. The van der Waals surface area contributed by atoms with Crippen molar-refractivity contribution in [2.24, 2.45) is 0 Å². The lowest BCUT2D eigenvalue weighted by molar-refractivity contribution is 0.0973. The SMILES string of the molecule is CC(O)(c1cccs1)c1c(F)cccc1F. The fourth-order valence-electron chi connectivity index (χ4n) is 1.64. The number of benzene rings is 1. The van der Waals surface area contributed by atoms with Crippen molar-refractivity contribution < 1.29 is 13.9 Å². The number of aliphatic hydroxyl groups is 1. The van der Waals surface area contributed by atoms with E-state index in [4.69, 9.17) is 0 Å². The van der Waals surface area contributed by atoms with Gasteiger partial charge in [-0.2, -0.15) is 0 Å². The number of hydrogen-bond donors (Lipinski definition) is 1. The molecule has 0 saturated heterocycles. The maximum Gasteiger partial charge on any atom is 0.132 e. The molecule has 1 aromatic carbocycles. The Morgan fingerprint density at radius 3 is 2.25 bits per heavy atom.